The van der Waals surface area contributed by atoms with Gasteiger partial charge in [0.15, 0.2) is 8.32 Å². The van der Waals surface area contributed by atoms with Crippen molar-refractivity contribution in [2.45, 2.75) is 90.4 Å². The molecular weight excluding hydrogens is 479 g/mol. The number of carbonyl (C=O) groups excluding carboxylic acids is 1. The standard InChI is InChI=1S/C26H38BClN2O4Si/c1-24(2,3)35(8,9)32-17-22(18-11-10-12-20(28)13-18)30-16-21-14-19(15-29(21)23(30)31)27-33-25(4,5)26(6,7)34-27/h10-15,22H,16-17H2,1-9H3/t22-/m1/s1. The van der Waals surface area contributed by atoms with Crippen LogP contribution in [-0.4, -0.2) is 48.7 Å². The number of aromatic nitrogens is 1. The fraction of sp³-hybridized carbons (Fsp3) is 0.577. The highest BCUT2D eigenvalue weighted by atomic mass is 35.5. The normalized spacial score (nSPS) is 20.5. The molecule has 0 radical (unpaired) electrons. The van der Waals surface area contributed by atoms with Crippen molar-refractivity contribution in [1.82, 2.24) is 9.47 Å². The van der Waals surface area contributed by atoms with Gasteiger partial charge in [0, 0.05) is 22.4 Å². The number of fused-ring (bicyclic) bond motifs is 1. The van der Waals surface area contributed by atoms with Crippen LogP contribution in [-0.2, 0) is 20.3 Å². The molecule has 0 aliphatic carbocycles. The van der Waals surface area contributed by atoms with Crippen molar-refractivity contribution in [2.24, 2.45) is 0 Å². The van der Waals surface area contributed by atoms with E-state index in [9.17, 15) is 4.79 Å². The fourth-order valence-corrected chi connectivity index (χ4v) is 5.35. The average molecular weight is 517 g/mol. The minimum atomic E-state index is -2.02. The van der Waals surface area contributed by atoms with E-state index in [1.807, 2.05) is 69.1 Å². The van der Waals surface area contributed by atoms with Crippen molar-refractivity contribution in [3.05, 3.63) is 52.8 Å². The van der Waals surface area contributed by atoms with Crippen LogP contribution in [0.4, 0.5) is 4.79 Å². The van der Waals surface area contributed by atoms with Gasteiger partial charge in [-0.05, 0) is 69.6 Å². The topological polar surface area (TPSA) is 52.9 Å². The molecule has 0 spiro atoms. The zero-order chi connectivity index (χ0) is 26.0. The molecular formula is C26H38BClN2O4Si. The monoisotopic (exact) mass is 516 g/mol. The Hall–Kier alpha value is -1.58. The smallest absolute Gasteiger partial charge is 0.414 e. The van der Waals surface area contributed by atoms with Crippen molar-refractivity contribution in [1.29, 1.82) is 0 Å². The highest BCUT2D eigenvalue weighted by Crippen LogP contribution is 2.39. The lowest BCUT2D eigenvalue weighted by Crippen LogP contribution is -2.44. The van der Waals surface area contributed by atoms with Crippen LogP contribution in [0.25, 0.3) is 0 Å². The molecule has 1 amide bonds. The molecule has 35 heavy (non-hydrogen) atoms. The molecule has 190 valence electrons. The fourth-order valence-electron chi connectivity index (χ4n) is 4.15. The molecule has 0 unspecified atom stereocenters. The number of halogens is 1. The first-order valence-corrected chi connectivity index (χ1v) is 15.6. The van der Waals surface area contributed by atoms with Gasteiger partial charge in [-0.2, -0.15) is 0 Å². The first kappa shape index (κ1) is 26.5. The van der Waals surface area contributed by atoms with Gasteiger partial charge in [-0.25, -0.2) is 4.79 Å². The highest BCUT2D eigenvalue weighted by molar-refractivity contribution is 6.74. The summed E-state index contributed by atoms with van der Waals surface area (Å²) in [4.78, 5) is 15.5. The van der Waals surface area contributed by atoms with Crippen molar-refractivity contribution in [3.8, 4) is 0 Å². The van der Waals surface area contributed by atoms with Gasteiger partial charge in [0.05, 0.1) is 30.4 Å². The maximum absolute atomic E-state index is 13.6. The molecule has 0 bridgehead atoms. The van der Waals surface area contributed by atoms with Gasteiger partial charge in [-0.15, -0.1) is 0 Å². The first-order chi connectivity index (χ1) is 16.0. The predicted octanol–water partition coefficient (Wildman–Crippen LogP) is 5.99. The van der Waals surface area contributed by atoms with E-state index in [0.717, 1.165) is 16.7 Å². The van der Waals surface area contributed by atoms with Gasteiger partial charge in [0.2, 0.25) is 0 Å². The van der Waals surface area contributed by atoms with Gasteiger partial charge in [-0.1, -0.05) is 44.5 Å². The van der Waals surface area contributed by atoms with Crippen LogP contribution in [0.2, 0.25) is 23.2 Å². The average Bonchev–Trinajstić information content (AvgIpc) is 3.32. The maximum atomic E-state index is 13.6. The molecule has 2 aliphatic rings. The summed E-state index contributed by atoms with van der Waals surface area (Å²) in [5.41, 5.74) is 1.89. The molecule has 2 aliphatic heterocycles. The molecule has 9 heteroatoms. The Morgan fingerprint density at radius 1 is 1.14 bits per heavy atom. The number of hydrogen-bond acceptors (Lipinski definition) is 4. The molecule has 1 fully saturated rings. The summed E-state index contributed by atoms with van der Waals surface area (Å²) in [7, 11) is -2.51. The lowest BCUT2D eigenvalue weighted by atomic mass is 9.81. The van der Waals surface area contributed by atoms with Crippen molar-refractivity contribution >= 4 is 38.5 Å². The summed E-state index contributed by atoms with van der Waals surface area (Å²) in [6.45, 7) is 20.1. The SMILES string of the molecule is CC1(C)OB(c2cc3n(c2)C(=O)N([C@H](CO[Si](C)(C)C(C)(C)C)c2cccc(Cl)c2)C3)OC1(C)C. The van der Waals surface area contributed by atoms with Gasteiger partial charge < -0.3 is 18.6 Å². The van der Waals surface area contributed by atoms with E-state index in [2.05, 4.69) is 33.9 Å². The predicted molar refractivity (Wildman–Crippen MR) is 144 cm³/mol. The number of nitrogens with zero attached hydrogens (tertiary/aromatic N) is 2. The molecule has 3 heterocycles. The number of benzene rings is 1. The summed E-state index contributed by atoms with van der Waals surface area (Å²) in [5.74, 6) is 0. The molecule has 2 aromatic rings. The van der Waals surface area contributed by atoms with E-state index in [0.29, 0.717) is 18.2 Å². The number of carbonyl (C=O) groups is 1. The van der Waals surface area contributed by atoms with Crippen LogP contribution in [0.15, 0.2) is 36.5 Å². The Morgan fingerprint density at radius 2 is 1.77 bits per heavy atom. The Bertz CT molecular complexity index is 1110. The largest absolute Gasteiger partial charge is 0.496 e. The summed E-state index contributed by atoms with van der Waals surface area (Å²) in [5, 5.41) is 0.721. The van der Waals surface area contributed by atoms with Crippen molar-refractivity contribution in [3.63, 3.8) is 0 Å². The van der Waals surface area contributed by atoms with Gasteiger partial charge in [0.1, 0.15) is 0 Å². The van der Waals surface area contributed by atoms with Crippen LogP contribution >= 0.6 is 11.6 Å². The molecule has 0 N–H and O–H groups in total. The summed E-state index contributed by atoms with van der Waals surface area (Å²) >= 11 is 6.33. The molecule has 0 saturated carbocycles. The third kappa shape index (κ3) is 4.88. The molecule has 1 atom stereocenters. The lowest BCUT2D eigenvalue weighted by molar-refractivity contribution is 0.00578. The summed E-state index contributed by atoms with van der Waals surface area (Å²) in [6.07, 6.45) is 1.85. The second kappa shape index (κ2) is 8.77. The Balaban J connectivity index is 1.59. The van der Waals surface area contributed by atoms with Gasteiger partial charge in [0.25, 0.3) is 0 Å². The van der Waals surface area contributed by atoms with Crippen LogP contribution in [0.1, 0.15) is 65.8 Å². The minimum absolute atomic E-state index is 0.0733. The Morgan fingerprint density at radius 3 is 2.31 bits per heavy atom. The first-order valence-electron chi connectivity index (χ1n) is 12.3. The lowest BCUT2D eigenvalue weighted by Gasteiger charge is -2.38. The quantitative estimate of drug-likeness (QED) is 0.443. The van der Waals surface area contributed by atoms with Crippen LogP contribution in [0, 0.1) is 0 Å². The molecule has 6 nitrogen and oxygen atoms in total. The Labute approximate surface area is 216 Å². The van der Waals surface area contributed by atoms with Gasteiger partial charge >= 0.3 is 13.1 Å². The number of rotatable bonds is 6. The molecule has 1 aromatic carbocycles. The number of hydrogen-bond donors (Lipinski definition) is 0. The maximum Gasteiger partial charge on any atom is 0.496 e. The van der Waals surface area contributed by atoms with E-state index in [-0.39, 0.29) is 17.1 Å². The summed E-state index contributed by atoms with van der Waals surface area (Å²) in [6, 6.07) is 9.42. The third-order valence-corrected chi connectivity index (χ3v) is 13.0. The molecule has 1 saturated heterocycles. The van der Waals surface area contributed by atoms with Gasteiger partial charge in [-0.3, -0.25) is 4.57 Å². The van der Waals surface area contributed by atoms with Crippen LogP contribution < -0.4 is 5.46 Å². The summed E-state index contributed by atoms with van der Waals surface area (Å²) < 4.78 is 20.7. The van der Waals surface area contributed by atoms with E-state index < -0.39 is 26.6 Å². The minimum Gasteiger partial charge on any atom is -0.414 e. The van der Waals surface area contributed by atoms with Crippen LogP contribution in [0.3, 0.4) is 0 Å². The zero-order valence-corrected chi connectivity index (χ0v) is 24.2. The van der Waals surface area contributed by atoms with Crippen molar-refractivity contribution in [2.75, 3.05) is 6.61 Å². The Kier molecular flexibility index (Phi) is 6.63. The second-order valence-corrected chi connectivity index (χ2v) is 17.5. The zero-order valence-electron chi connectivity index (χ0n) is 22.4. The van der Waals surface area contributed by atoms with Crippen LogP contribution in [0.5, 0.6) is 0 Å². The van der Waals surface area contributed by atoms with E-state index in [1.165, 1.54) is 0 Å². The second-order valence-electron chi connectivity index (χ2n) is 12.3. The van der Waals surface area contributed by atoms with E-state index >= 15 is 0 Å². The molecule has 4 rings (SSSR count). The van der Waals surface area contributed by atoms with E-state index in [1.54, 1.807) is 4.57 Å². The van der Waals surface area contributed by atoms with Crippen molar-refractivity contribution < 1.29 is 18.5 Å². The molecule has 1 aromatic heterocycles. The third-order valence-electron chi connectivity index (χ3n) is 8.25. The highest BCUT2D eigenvalue weighted by Gasteiger charge is 2.52. The van der Waals surface area contributed by atoms with E-state index in [4.69, 9.17) is 25.3 Å². The number of amides is 1.